The molecule has 1 amide bonds. The number of aliphatic carboxylic acids is 2. The predicted octanol–water partition coefficient (Wildman–Crippen LogP) is 3.19. The number of hydrogen-bond donors (Lipinski definition) is 2. The quantitative estimate of drug-likeness (QED) is 0.761. The topological polar surface area (TPSA) is 104 Å². The Balaban J connectivity index is 1.78. The van der Waals surface area contributed by atoms with Crippen molar-refractivity contribution in [2.24, 2.45) is 0 Å². The molecule has 0 saturated carbocycles. The number of likely N-dealkylation sites (N-methyl/N-ethyl adjacent to an activating group) is 1. The summed E-state index contributed by atoms with van der Waals surface area (Å²) in [4.78, 5) is 35.8. The summed E-state index contributed by atoms with van der Waals surface area (Å²) in [7, 11) is 0. The molecule has 0 unspecified atom stereocenters. The van der Waals surface area contributed by atoms with E-state index < -0.39 is 30.5 Å². The molecule has 0 saturated heterocycles. The van der Waals surface area contributed by atoms with Gasteiger partial charge in [0.2, 0.25) is 0 Å². The van der Waals surface area contributed by atoms with Gasteiger partial charge in [-0.1, -0.05) is 48.5 Å². The molecular formula is C21H21NO6. The molecule has 0 aromatic heterocycles. The van der Waals surface area contributed by atoms with Crippen molar-refractivity contribution in [1.82, 2.24) is 4.90 Å². The van der Waals surface area contributed by atoms with E-state index in [-0.39, 0.29) is 19.1 Å². The van der Waals surface area contributed by atoms with E-state index in [4.69, 9.17) is 9.84 Å². The summed E-state index contributed by atoms with van der Waals surface area (Å²) in [5.41, 5.74) is 4.25. The Labute approximate surface area is 162 Å². The maximum absolute atomic E-state index is 12.5. The Morgan fingerprint density at radius 2 is 1.54 bits per heavy atom. The molecule has 2 aromatic carbocycles. The van der Waals surface area contributed by atoms with Crippen molar-refractivity contribution in [1.29, 1.82) is 0 Å². The fourth-order valence-electron chi connectivity index (χ4n) is 3.65. The number of amides is 1. The molecule has 0 bridgehead atoms. The van der Waals surface area contributed by atoms with Gasteiger partial charge in [-0.2, -0.15) is 0 Å². The van der Waals surface area contributed by atoms with Crippen LogP contribution in [0, 0.1) is 0 Å². The van der Waals surface area contributed by atoms with E-state index in [0.29, 0.717) is 0 Å². The average molecular weight is 383 g/mol. The average Bonchev–Trinajstić information content (AvgIpc) is 2.99. The Bertz CT molecular complexity index is 864. The zero-order chi connectivity index (χ0) is 20.3. The number of ether oxygens (including phenoxy) is 1. The SMILES string of the molecule is CCN(C(=O)OCC1c2ccccc2-c2ccccc21)[C@@H](CC(=O)O)C(=O)O. The minimum Gasteiger partial charge on any atom is -0.481 e. The molecule has 2 aromatic rings. The van der Waals surface area contributed by atoms with Gasteiger partial charge in [0.05, 0.1) is 6.42 Å². The standard InChI is InChI=1S/C21H21NO6/c1-2-22(18(20(25)26)11-19(23)24)21(27)28-12-17-15-9-5-3-7-13(15)14-8-4-6-10-16(14)17/h3-10,17-18H,2,11-12H2,1H3,(H,23,24)(H,25,26)/t18-/m0/s1. The van der Waals surface area contributed by atoms with E-state index in [9.17, 15) is 19.5 Å². The molecule has 1 atom stereocenters. The minimum absolute atomic E-state index is 0.0287. The summed E-state index contributed by atoms with van der Waals surface area (Å²) < 4.78 is 5.44. The van der Waals surface area contributed by atoms with E-state index >= 15 is 0 Å². The summed E-state index contributed by atoms with van der Waals surface area (Å²) in [6.07, 6.45) is -1.52. The van der Waals surface area contributed by atoms with Crippen LogP contribution in [0.2, 0.25) is 0 Å². The highest BCUT2D eigenvalue weighted by molar-refractivity contribution is 5.85. The molecule has 0 fully saturated rings. The van der Waals surface area contributed by atoms with Crippen LogP contribution in [0.3, 0.4) is 0 Å². The molecule has 3 rings (SSSR count). The predicted molar refractivity (Wildman–Crippen MR) is 101 cm³/mol. The molecule has 0 aliphatic heterocycles. The van der Waals surface area contributed by atoms with Crippen LogP contribution in [0.4, 0.5) is 4.79 Å². The van der Waals surface area contributed by atoms with E-state index in [0.717, 1.165) is 27.2 Å². The number of carboxylic acids is 2. The van der Waals surface area contributed by atoms with Gasteiger partial charge in [0.15, 0.2) is 0 Å². The van der Waals surface area contributed by atoms with Crippen LogP contribution < -0.4 is 0 Å². The van der Waals surface area contributed by atoms with Crippen molar-refractivity contribution in [3.8, 4) is 11.1 Å². The second kappa shape index (κ2) is 8.12. The lowest BCUT2D eigenvalue weighted by molar-refractivity contribution is -0.149. The molecule has 7 heteroatoms. The number of fused-ring (bicyclic) bond motifs is 3. The maximum atomic E-state index is 12.5. The number of carboxylic acid groups (broad SMARTS) is 2. The van der Waals surface area contributed by atoms with Crippen LogP contribution >= 0.6 is 0 Å². The van der Waals surface area contributed by atoms with Crippen molar-refractivity contribution in [2.75, 3.05) is 13.2 Å². The van der Waals surface area contributed by atoms with Crippen LogP contribution in [0.25, 0.3) is 11.1 Å². The summed E-state index contributed by atoms with van der Waals surface area (Å²) in [5.74, 6) is -2.83. The van der Waals surface area contributed by atoms with Crippen molar-refractivity contribution in [2.45, 2.75) is 25.3 Å². The van der Waals surface area contributed by atoms with E-state index in [1.165, 1.54) is 0 Å². The highest BCUT2D eigenvalue weighted by atomic mass is 16.6. The largest absolute Gasteiger partial charge is 0.481 e. The third kappa shape index (κ3) is 3.69. The van der Waals surface area contributed by atoms with Gasteiger partial charge in [-0.15, -0.1) is 0 Å². The highest BCUT2D eigenvalue weighted by Crippen LogP contribution is 2.44. The first-order chi connectivity index (χ1) is 13.4. The molecule has 0 heterocycles. The Kier molecular flexibility index (Phi) is 5.63. The molecule has 1 aliphatic rings. The van der Waals surface area contributed by atoms with E-state index in [1.807, 2.05) is 48.5 Å². The second-order valence-corrected chi connectivity index (χ2v) is 6.54. The monoisotopic (exact) mass is 383 g/mol. The second-order valence-electron chi connectivity index (χ2n) is 6.54. The number of rotatable bonds is 7. The van der Waals surface area contributed by atoms with Gasteiger partial charge >= 0.3 is 18.0 Å². The van der Waals surface area contributed by atoms with Gasteiger partial charge in [-0.3, -0.25) is 9.69 Å². The third-order valence-electron chi connectivity index (χ3n) is 4.94. The summed E-state index contributed by atoms with van der Waals surface area (Å²) in [6.45, 7) is 1.66. The van der Waals surface area contributed by atoms with Crippen LogP contribution in [-0.2, 0) is 14.3 Å². The van der Waals surface area contributed by atoms with Crippen LogP contribution in [0.5, 0.6) is 0 Å². The van der Waals surface area contributed by atoms with Gasteiger partial charge < -0.3 is 14.9 Å². The van der Waals surface area contributed by atoms with Crippen LogP contribution in [-0.4, -0.2) is 52.3 Å². The minimum atomic E-state index is -1.47. The van der Waals surface area contributed by atoms with Crippen LogP contribution in [0.15, 0.2) is 48.5 Å². The Morgan fingerprint density at radius 3 is 2.00 bits per heavy atom. The fraction of sp³-hybridized carbons (Fsp3) is 0.286. The molecule has 1 aliphatic carbocycles. The van der Waals surface area contributed by atoms with Crippen LogP contribution in [0.1, 0.15) is 30.4 Å². The Hall–Kier alpha value is -3.35. The molecule has 28 heavy (non-hydrogen) atoms. The van der Waals surface area contributed by atoms with Gasteiger partial charge in [0.1, 0.15) is 12.6 Å². The highest BCUT2D eigenvalue weighted by Gasteiger charge is 2.34. The lowest BCUT2D eigenvalue weighted by Gasteiger charge is -2.26. The van der Waals surface area contributed by atoms with Crippen molar-refractivity contribution in [3.63, 3.8) is 0 Å². The van der Waals surface area contributed by atoms with Crippen molar-refractivity contribution >= 4 is 18.0 Å². The van der Waals surface area contributed by atoms with Crippen molar-refractivity contribution < 1.29 is 29.3 Å². The third-order valence-corrected chi connectivity index (χ3v) is 4.94. The molecular weight excluding hydrogens is 362 g/mol. The summed E-state index contributed by atoms with van der Waals surface area (Å²) in [5, 5.41) is 18.2. The first-order valence-electron chi connectivity index (χ1n) is 9.00. The summed E-state index contributed by atoms with van der Waals surface area (Å²) in [6, 6.07) is 14.3. The van der Waals surface area contributed by atoms with Gasteiger partial charge in [0.25, 0.3) is 0 Å². The number of carbonyl (C=O) groups excluding carboxylic acids is 1. The molecule has 146 valence electrons. The molecule has 0 spiro atoms. The normalized spacial score (nSPS) is 13.3. The summed E-state index contributed by atoms with van der Waals surface area (Å²) >= 11 is 0. The zero-order valence-corrected chi connectivity index (χ0v) is 15.4. The lowest BCUT2D eigenvalue weighted by Crippen LogP contribution is -2.46. The maximum Gasteiger partial charge on any atom is 0.410 e. The zero-order valence-electron chi connectivity index (χ0n) is 15.4. The number of carbonyl (C=O) groups is 3. The van der Waals surface area contributed by atoms with Crippen molar-refractivity contribution in [3.05, 3.63) is 59.7 Å². The van der Waals surface area contributed by atoms with E-state index in [1.54, 1.807) is 6.92 Å². The molecule has 2 N–H and O–H groups in total. The fourth-order valence-corrected chi connectivity index (χ4v) is 3.65. The van der Waals surface area contributed by atoms with Gasteiger partial charge in [0, 0.05) is 12.5 Å². The van der Waals surface area contributed by atoms with Gasteiger partial charge in [-0.25, -0.2) is 9.59 Å². The smallest absolute Gasteiger partial charge is 0.410 e. The lowest BCUT2D eigenvalue weighted by atomic mass is 9.98. The molecule has 0 radical (unpaired) electrons. The number of benzene rings is 2. The molecule has 7 nitrogen and oxygen atoms in total. The Morgan fingerprint density at radius 1 is 1.00 bits per heavy atom. The first-order valence-corrected chi connectivity index (χ1v) is 9.00. The number of nitrogens with zero attached hydrogens (tertiary/aromatic N) is 1. The van der Waals surface area contributed by atoms with E-state index in [2.05, 4.69) is 0 Å². The first kappa shape index (κ1) is 19.4. The van der Waals surface area contributed by atoms with Gasteiger partial charge in [-0.05, 0) is 29.2 Å². The number of hydrogen-bond acceptors (Lipinski definition) is 4.